The smallest absolute Gasteiger partial charge is 0.336 e. The van der Waals surface area contributed by atoms with Crippen LogP contribution in [0.3, 0.4) is 0 Å². The van der Waals surface area contributed by atoms with Gasteiger partial charge in [0.15, 0.2) is 23.8 Å². The number of ketones is 1. The van der Waals surface area contributed by atoms with Crippen molar-refractivity contribution in [3.63, 3.8) is 0 Å². The van der Waals surface area contributed by atoms with Crippen molar-refractivity contribution in [3.8, 4) is 0 Å². The minimum atomic E-state index is -1.19. The fourth-order valence-corrected chi connectivity index (χ4v) is 1.24. The van der Waals surface area contributed by atoms with Crippen molar-refractivity contribution >= 4 is 11.8 Å². The maximum absolute atomic E-state index is 11.0. The van der Waals surface area contributed by atoms with Crippen molar-refractivity contribution in [1.29, 1.82) is 0 Å². The normalized spacial score (nSPS) is 31.6. The quantitative estimate of drug-likeness (QED) is 0.669. The van der Waals surface area contributed by atoms with Gasteiger partial charge >= 0.3 is 5.97 Å². The summed E-state index contributed by atoms with van der Waals surface area (Å²) < 4.78 is 10.2. The van der Waals surface area contributed by atoms with Crippen molar-refractivity contribution in [3.05, 3.63) is 0 Å². The average Bonchev–Trinajstić information content (AvgIpc) is 2.26. The molecule has 0 aromatic rings. The largest absolute Gasteiger partial charge is 0.479 e. The Bertz CT molecular complexity index is 221. The molecule has 0 aromatic carbocycles. The van der Waals surface area contributed by atoms with Crippen LogP contribution >= 0.6 is 0 Å². The Morgan fingerprint density at radius 3 is 2.00 bits per heavy atom. The molecule has 1 saturated heterocycles. The Labute approximate surface area is 75.6 Å². The van der Waals surface area contributed by atoms with E-state index in [0.29, 0.717) is 0 Å². The molecule has 0 spiro atoms. The number of hydrogen-bond acceptors (Lipinski definition) is 4. The highest BCUT2D eigenvalue weighted by atomic mass is 16.8. The third kappa shape index (κ3) is 2.05. The van der Waals surface area contributed by atoms with Gasteiger partial charge in [0, 0.05) is 0 Å². The highest BCUT2D eigenvalue weighted by molar-refractivity contribution is 5.88. The molecule has 13 heavy (non-hydrogen) atoms. The van der Waals surface area contributed by atoms with Gasteiger partial charge in [-0.15, -0.1) is 0 Å². The van der Waals surface area contributed by atoms with Crippen LogP contribution in [0.25, 0.3) is 0 Å². The minimum absolute atomic E-state index is 0.335. The zero-order chi connectivity index (χ0) is 10.2. The monoisotopic (exact) mass is 188 g/mol. The summed E-state index contributed by atoms with van der Waals surface area (Å²) in [5, 5.41) is 8.71. The molecular weight excluding hydrogens is 176 g/mol. The fraction of sp³-hybridized carbons (Fsp3) is 0.750. The molecule has 1 heterocycles. The van der Waals surface area contributed by atoms with E-state index in [2.05, 4.69) is 0 Å². The number of Topliss-reactive ketones (excluding diaryl/α,β-unsaturated/α-hetero) is 1. The van der Waals surface area contributed by atoms with Gasteiger partial charge in [-0.3, -0.25) is 4.79 Å². The highest BCUT2D eigenvalue weighted by Gasteiger charge is 2.47. The van der Waals surface area contributed by atoms with E-state index in [4.69, 9.17) is 14.6 Å². The van der Waals surface area contributed by atoms with Gasteiger partial charge in [0.1, 0.15) is 0 Å². The molecule has 0 aromatic heterocycles. The first-order valence-electron chi connectivity index (χ1n) is 3.92. The predicted molar refractivity (Wildman–Crippen MR) is 42.1 cm³/mol. The number of carboxylic acid groups (broad SMARTS) is 1. The molecule has 1 rings (SSSR count). The van der Waals surface area contributed by atoms with E-state index in [1.165, 1.54) is 6.92 Å². The van der Waals surface area contributed by atoms with E-state index in [9.17, 15) is 9.59 Å². The molecular formula is C8H12O5. The second kappa shape index (κ2) is 3.08. The molecule has 0 amide bonds. The molecule has 0 bridgehead atoms. The summed E-state index contributed by atoms with van der Waals surface area (Å²) in [4.78, 5) is 21.6. The van der Waals surface area contributed by atoms with E-state index in [1.54, 1.807) is 13.8 Å². The second-order valence-electron chi connectivity index (χ2n) is 3.43. The van der Waals surface area contributed by atoms with Crippen LogP contribution in [0.15, 0.2) is 0 Å². The lowest BCUT2D eigenvalue weighted by Crippen LogP contribution is -2.35. The van der Waals surface area contributed by atoms with Gasteiger partial charge in [-0.2, -0.15) is 0 Å². The summed E-state index contributed by atoms with van der Waals surface area (Å²) >= 11 is 0. The third-order valence-corrected chi connectivity index (χ3v) is 1.74. The molecule has 0 unspecified atom stereocenters. The maximum Gasteiger partial charge on any atom is 0.336 e. The molecule has 74 valence electrons. The van der Waals surface area contributed by atoms with E-state index in [-0.39, 0.29) is 5.78 Å². The van der Waals surface area contributed by atoms with Gasteiger partial charge < -0.3 is 14.6 Å². The third-order valence-electron chi connectivity index (χ3n) is 1.74. The van der Waals surface area contributed by atoms with Gasteiger partial charge in [-0.05, 0) is 20.8 Å². The first-order valence-corrected chi connectivity index (χ1v) is 3.92. The Kier molecular flexibility index (Phi) is 2.40. The zero-order valence-corrected chi connectivity index (χ0v) is 7.73. The molecule has 0 saturated carbocycles. The molecule has 0 aliphatic carbocycles. The number of carbonyl (C=O) groups excluding carboxylic acids is 1. The molecule has 0 radical (unpaired) electrons. The van der Waals surface area contributed by atoms with Crippen molar-refractivity contribution in [2.45, 2.75) is 38.8 Å². The molecule has 1 aliphatic rings. The summed E-state index contributed by atoms with van der Waals surface area (Å²) in [7, 11) is 0. The van der Waals surface area contributed by atoms with Gasteiger partial charge in [0.05, 0.1) is 0 Å². The van der Waals surface area contributed by atoms with Crippen LogP contribution in [0.1, 0.15) is 20.8 Å². The second-order valence-corrected chi connectivity index (χ2v) is 3.43. The van der Waals surface area contributed by atoms with Crippen molar-refractivity contribution in [1.82, 2.24) is 0 Å². The zero-order valence-electron chi connectivity index (χ0n) is 7.73. The summed E-state index contributed by atoms with van der Waals surface area (Å²) in [6.07, 6.45) is -2.18. The van der Waals surface area contributed by atoms with Crippen LogP contribution in [-0.2, 0) is 19.1 Å². The van der Waals surface area contributed by atoms with E-state index in [0.717, 1.165) is 0 Å². The average molecular weight is 188 g/mol. The van der Waals surface area contributed by atoms with Gasteiger partial charge in [0.2, 0.25) is 0 Å². The van der Waals surface area contributed by atoms with Crippen molar-refractivity contribution in [2.24, 2.45) is 0 Å². The number of carbonyl (C=O) groups is 2. The van der Waals surface area contributed by atoms with Crippen LogP contribution < -0.4 is 0 Å². The molecule has 1 N–H and O–H groups in total. The number of aliphatic carboxylic acids is 1. The Hall–Kier alpha value is -0.940. The van der Waals surface area contributed by atoms with Crippen LogP contribution in [-0.4, -0.2) is 34.9 Å². The summed E-state index contributed by atoms with van der Waals surface area (Å²) in [5.74, 6) is -2.51. The van der Waals surface area contributed by atoms with Crippen LogP contribution in [0.2, 0.25) is 0 Å². The van der Waals surface area contributed by atoms with Crippen LogP contribution in [0, 0.1) is 0 Å². The molecule has 2 atom stereocenters. The Balaban J connectivity index is 2.83. The summed E-state index contributed by atoms with van der Waals surface area (Å²) in [6, 6.07) is 0. The SMILES string of the molecule is CC(=O)[C@@H]1OC(C)(C)O[C@H]1C(=O)O. The Morgan fingerprint density at radius 2 is 1.69 bits per heavy atom. The van der Waals surface area contributed by atoms with Crippen molar-refractivity contribution in [2.75, 3.05) is 0 Å². The van der Waals surface area contributed by atoms with E-state index in [1.807, 2.05) is 0 Å². The highest BCUT2D eigenvalue weighted by Crippen LogP contribution is 2.28. The van der Waals surface area contributed by atoms with E-state index < -0.39 is 24.0 Å². The molecule has 1 aliphatic heterocycles. The summed E-state index contributed by atoms with van der Waals surface area (Å²) in [6.45, 7) is 4.43. The lowest BCUT2D eigenvalue weighted by Gasteiger charge is -2.15. The first-order chi connectivity index (χ1) is 5.83. The molecule has 5 nitrogen and oxygen atoms in total. The number of hydrogen-bond donors (Lipinski definition) is 1. The maximum atomic E-state index is 11.0. The molecule has 5 heteroatoms. The van der Waals surface area contributed by atoms with Gasteiger partial charge in [-0.1, -0.05) is 0 Å². The molecule has 1 fully saturated rings. The predicted octanol–water partition coefficient (Wildman–Crippen LogP) is 0.180. The lowest BCUT2D eigenvalue weighted by atomic mass is 10.1. The minimum Gasteiger partial charge on any atom is -0.479 e. The fourth-order valence-electron chi connectivity index (χ4n) is 1.24. The van der Waals surface area contributed by atoms with Crippen LogP contribution in [0.5, 0.6) is 0 Å². The van der Waals surface area contributed by atoms with Gasteiger partial charge in [-0.25, -0.2) is 4.79 Å². The van der Waals surface area contributed by atoms with E-state index >= 15 is 0 Å². The topological polar surface area (TPSA) is 72.8 Å². The van der Waals surface area contributed by atoms with Crippen LogP contribution in [0.4, 0.5) is 0 Å². The summed E-state index contributed by atoms with van der Waals surface area (Å²) in [5.41, 5.74) is 0. The number of ether oxygens (including phenoxy) is 2. The first kappa shape index (κ1) is 10.1. The Morgan fingerprint density at radius 1 is 1.23 bits per heavy atom. The van der Waals surface area contributed by atoms with Gasteiger partial charge in [0.25, 0.3) is 0 Å². The number of rotatable bonds is 2. The van der Waals surface area contributed by atoms with Crippen molar-refractivity contribution < 1.29 is 24.2 Å². The number of carboxylic acids is 1. The standard InChI is InChI=1S/C8H12O5/c1-4(9)5-6(7(10)11)13-8(2,3)12-5/h5-6H,1-3H3,(H,10,11)/t5-,6+/m0/s1. The lowest BCUT2D eigenvalue weighted by molar-refractivity contribution is -0.166.